The van der Waals surface area contributed by atoms with Crippen LogP contribution < -0.4 is 20.1 Å². The summed E-state index contributed by atoms with van der Waals surface area (Å²) in [5.74, 6) is 2.72. The van der Waals surface area contributed by atoms with Crippen LogP contribution in [0.15, 0.2) is 54.9 Å². The second-order valence-corrected chi connectivity index (χ2v) is 6.46. The lowest BCUT2D eigenvalue weighted by Gasteiger charge is -2.11. The molecule has 0 aliphatic rings. The lowest BCUT2D eigenvalue weighted by molar-refractivity contribution is 0.354. The normalized spacial score (nSPS) is 10.4. The van der Waals surface area contributed by atoms with Crippen molar-refractivity contribution in [2.75, 3.05) is 37.9 Å². The average Bonchev–Trinajstić information content (AvgIpc) is 2.75. The Morgan fingerprint density at radius 3 is 1.97 bits per heavy atom. The summed E-state index contributed by atoms with van der Waals surface area (Å²) >= 11 is 0. The Hall–Kier alpha value is -3.35. The lowest BCUT2D eigenvalue weighted by atomic mass is 10.1. The van der Waals surface area contributed by atoms with Gasteiger partial charge in [0.15, 0.2) is 11.5 Å². The first-order valence-corrected chi connectivity index (χ1v) is 9.43. The predicted octanol–water partition coefficient (Wildman–Crippen LogP) is 3.94. The SMILES string of the molecule is COc1ccc(CCNc2cc(NCCc3ccc(F)cc3)ncn2)cc1OC. The summed E-state index contributed by atoms with van der Waals surface area (Å²) in [6.07, 6.45) is 3.13. The molecule has 6 nitrogen and oxygen atoms in total. The number of methoxy groups -OCH3 is 2. The van der Waals surface area contributed by atoms with Crippen molar-refractivity contribution in [2.45, 2.75) is 12.8 Å². The molecule has 3 rings (SSSR count). The fourth-order valence-electron chi connectivity index (χ4n) is 2.91. The molecule has 0 bridgehead atoms. The van der Waals surface area contributed by atoms with Crippen molar-refractivity contribution in [3.63, 3.8) is 0 Å². The third-order valence-corrected chi connectivity index (χ3v) is 4.47. The first kappa shape index (κ1) is 20.4. The smallest absolute Gasteiger partial charge is 0.160 e. The van der Waals surface area contributed by atoms with Gasteiger partial charge in [0.1, 0.15) is 23.8 Å². The van der Waals surface area contributed by atoms with Gasteiger partial charge in [-0.2, -0.15) is 0 Å². The highest BCUT2D eigenvalue weighted by atomic mass is 19.1. The van der Waals surface area contributed by atoms with E-state index in [0.717, 1.165) is 53.6 Å². The number of ether oxygens (including phenoxy) is 2. The topological polar surface area (TPSA) is 68.3 Å². The number of benzene rings is 2. The maximum atomic E-state index is 12.9. The molecule has 0 unspecified atom stereocenters. The molecule has 0 spiro atoms. The van der Waals surface area contributed by atoms with Crippen LogP contribution in [0.5, 0.6) is 11.5 Å². The van der Waals surface area contributed by atoms with Crippen LogP contribution in [-0.4, -0.2) is 37.3 Å². The van der Waals surface area contributed by atoms with Gasteiger partial charge in [-0.15, -0.1) is 0 Å². The minimum absolute atomic E-state index is 0.221. The van der Waals surface area contributed by atoms with Crippen LogP contribution in [0.3, 0.4) is 0 Å². The van der Waals surface area contributed by atoms with Crippen molar-refractivity contribution < 1.29 is 13.9 Å². The molecule has 0 amide bonds. The first-order valence-electron chi connectivity index (χ1n) is 9.43. The average molecular weight is 396 g/mol. The molecule has 2 N–H and O–H groups in total. The number of hydrogen-bond donors (Lipinski definition) is 2. The zero-order valence-corrected chi connectivity index (χ0v) is 16.6. The summed E-state index contributed by atoms with van der Waals surface area (Å²) in [4.78, 5) is 8.50. The van der Waals surface area contributed by atoms with Gasteiger partial charge in [0, 0.05) is 19.2 Å². The Kier molecular flexibility index (Phi) is 7.22. The van der Waals surface area contributed by atoms with E-state index in [9.17, 15) is 4.39 Å². The van der Waals surface area contributed by atoms with Crippen LogP contribution in [-0.2, 0) is 12.8 Å². The third-order valence-electron chi connectivity index (χ3n) is 4.47. The van der Waals surface area contributed by atoms with Gasteiger partial charge in [-0.3, -0.25) is 0 Å². The first-order chi connectivity index (χ1) is 14.2. The summed E-state index contributed by atoms with van der Waals surface area (Å²) in [7, 11) is 3.25. The molecule has 152 valence electrons. The number of aromatic nitrogens is 2. The number of halogens is 1. The fraction of sp³-hybridized carbons (Fsp3) is 0.273. The second kappa shape index (κ2) is 10.3. The molecule has 1 heterocycles. The van der Waals surface area contributed by atoms with Gasteiger partial charge >= 0.3 is 0 Å². The lowest BCUT2D eigenvalue weighted by Crippen LogP contribution is -2.09. The zero-order valence-electron chi connectivity index (χ0n) is 16.6. The van der Waals surface area contributed by atoms with E-state index in [2.05, 4.69) is 20.6 Å². The summed E-state index contributed by atoms with van der Waals surface area (Å²) in [5, 5.41) is 6.58. The van der Waals surface area contributed by atoms with Gasteiger partial charge in [0.25, 0.3) is 0 Å². The van der Waals surface area contributed by atoms with Crippen LogP contribution in [0.2, 0.25) is 0 Å². The summed E-state index contributed by atoms with van der Waals surface area (Å²) in [6, 6.07) is 14.3. The van der Waals surface area contributed by atoms with Gasteiger partial charge in [-0.05, 0) is 48.2 Å². The van der Waals surface area contributed by atoms with Crippen molar-refractivity contribution >= 4 is 11.6 Å². The van der Waals surface area contributed by atoms with Crippen molar-refractivity contribution in [1.29, 1.82) is 0 Å². The molecule has 29 heavy (non-hydrogen) atoms. The van der Waals surface area contributed by atoms with E-state index in [0.29, 0.717) is 6.54 Å². The van der Waals surface area contributed by atoms with Crippen LogP contribution >= 0.6 is 0 Å². The van der Waals surface area contributed by atoms with Crippen LogP contribution in [0.25, 0.3) is 0 Å². The molecule has 1 aromatic heterocycles. The van der Waals surface area contributed by atoms with Gasteiger partial charge in [-0.1, -0.05) is 18.2 Å². The monoisotopic (exact) mass is 396 g/mol. The molecule has 7 heteroatoms. The van der Waals surface area contributed by atoms with E-state index in [1.807, 2.05) is 24.3 Å². The second-order valence-electron chi connectivity index (χ2n) is 6.46. The maximum absolute atomic E-state index is 12.9. The summed E-state index contributed by atoms with van der Waals surface area (Å²) in [5.41, 5.74) is 2.21. The Labute approximate surface area is 170 Å². The molecule has 0 aliphatic heterocycles. The number of anilines is 2. The molecular formula is C22H25FN4O2. The van der Waals surface area contributed by atoms with Gasteiger partial charge in [-0.25, -0.2) is 14.4 Å². The van der Waals surface area contributed by atoms with E-state index < -0.39 is 0 Å². The minimum Gasteiger partial charge on any atom is -0.493 e. The maximum Gasteiger partial charge on any atom is 0.160 e. The van der Waals surface area contributed by atoms with Crippen molar-refractivity contribution in [3.8, 4) is 11.5 Å². The van der Waals surface area contributed by atoms with Gasteiger partial charge in [0.05, 0.1) is 14.2 Å². The minimum atomic E-state index is -0.221. The van der Waals surface area contributed by atoms with Crippen molar-refractivity contribution in [1.82, 2.24) is 9.97 Å². The van der Waals surface area contributed by atoms with E-state index >= 15 is 0 Å². The van der Waals surface area contributed by atoms with Crippen LogP contribution in [0, 0.1) is 5.82 Å². The van der Waals surface area contributed by atoms with Gasteiger partial charge < -0.3 is 20.1 Å². The molecule has 0 radical (unpaired) electrons. The molecule has 2 aromatic carbocycles. The number of hydrogen-bond acceptors (Lipinski definition) is 6. The third kappa shape index (κ3) is 6.07. The number of rotatable bonds is 10. The Morgan fingerprint density at radius 1 is 0.759 bits per heavy atom. The zero-order chi connectivity index (χ0) is 20.5. The van der Waals surface area contributed by atoms with Crippen molar-refractivity contribution in [2.24, 2.45) is 0 Å². The molecule has 0 fully saturated rings. The highest BCUT2D eigenvalue weighted by Crippen LogP contribution is 2.27. The number of nitrogens with one attached hydrogen (secondary N) is 2. The quantitative estimate of drug-likeness (QED) is 0.541. The Balaban J connectivity index is 1.47. The van der Waals surface area contributed by atoms with E-state index in [4.69, 9.17) is 9.47 Å². The number of nitrogens with zero attached hydrogens (tertiary/aromatic N) is 2. The van der Waals surface area contributed by atoms with E-state index in [1.54, 1.807) is 26.4 Å². The molecule has 0 saturated heterocycles. The standard InChI is InChI=1S/C22H25FN4O2/c1-28-19-8-5-17(13-20(19)29-2)10-12-25-22-14-21(26-15-27-22)24-11-9-16-3-6-18(23)7-4-16/h3-8,13-15H,9-12H2,1-2H3,(H2,24,25,26,27). The van der Waals surface area contributed by atoms with E-state index in [1.165, 1.54) is 18.5 Å². The predicted molar refractivity (Wildman–Crippen MR) is 112 cm³/mol. The molecule has 0 saturated carbocycles. The van der Waals surface area contributed by atoms with Crippen LogP contribution in [0.1, 0.15) is 11.1 Å². The summed E-state index contributed by atoms with van der Waals surface area (Å²) in [6.45, 7) is 1.43. The van der Waals surface area contributed by atoms with Crippen LogP contribution in [0.4, 0.5) is 16.0 Å². The highest BCUT2D eigenvalue weighted by Gasteiger charge is 2.05. The molecule has 0 aliphatic carbocycles. The largest absolute Gasteiger partial charge is 0.493 e. The molecule has 3 aromatic rings. The fourth-order valence-corrected chi connectivity index (χ4v) is 2.91. The Morgan fingerprint density at radius 2 is 1.34 bits per heavy atom. The van der Waals surface area contributed by atoms with E-state index in [-0.39, 0.29) is 5.82 Å². The summed E-state index contributed by atoms with van der Waals surface area (Å²) < 4.78 is 23.6. The molecule has 0 atom stereocenters. The van der Waals surface area contributed by atoms with Crippen molar-refractivity contribution in [3.05, 3.63) is 71.8 Å². The molecular weight excluding hydrogens is 371 g/mol. The Bertz CT molecular complexity index is 919. The van der Waals surface area contributed by atoms with Gasteiger partial charge in [0.2, 0.25) is 0 Å². The highest BCUT2D eigenvalue weighted by molar-refractivity contribution is 5.47.